The second-order valence-corrected chi connectivity index (χ2v) is 5.95. The molecule has 26 heavy (non-hydrogen) atoms. The number of rotatable bonds is 6. The molecule has 1 aromatic heterocycles. The van der Waals surface area contributed by atoms with Gasteiger partial charge >= 0.3 is 0 Å². The van der Waals surface area contributed by atoms with Crippen LogP contribution in [0, 0.1) is 0 Å². The molecular formula is C20H22N4O2. The fraction of sp³-hybridized carbons (Fsp3) is 0.250. The molecule has 134 valence electrons. The molecule has 0 bridgehead atoms. The highest BCUT2D eigenvalue weighted by atomic mass is 16.5. The summed E-state index contributed by atoms with van der Waals surface area (Å²) in [5, 5.41) is 5.02. The minimum Gasteiger partial charge on any atom is -0.496 e. The average Bonchev–Trinajstić information content (AvgIpc) is 2.67. The monoisotopic (exact) mass is 350 g/mol. The number of benzene rings is 2. The average molecular weight is 350 g/mol. The standard InChI is InChI=1S/C20H22N4O2/c1-4-24-19(25)16-10-6-7-11-17(16)21-20(24)23-22-14(2)13-15-9-5-8-12-18(15)26-3/h5-12H,4,13H2,1-3H3,(H,21,23)/b22-14-. The fourth-order valence-electron chi connectivity index (χ4n) is 2.86. The van der Waals surface area contributed by atoms with E-state index in [4.69, 9.17) is 4.74 Å². The Balaban J connectivity index is 1.88. The first-order valence-electron chi connectivity index (χ1n) is 8.54. The zero-order valence-corrected chi connectivity index (χ0v) is 15.2. The Bertz CT molecular complexity index is 1010. The summed E-state index contributed by atoms with van der Waals surface area (Å²) in [4.78, 5) is 17.2. The van der Waals surface area contributed by atoms with E-state index >= 15 is 0 Å². The van der Waals surface area contributed by atoms with Gasteiger partial charge in [-0.2, -0.15) is 5.10 Å². The summed E-state index contributed by atoms with van der Waals surface area (Å²) in [6, 6.07) is 15.2. The minimum atomic E-state index is -0.0711. The molecule has 0 fully saturated rings. The highest BCUT2D eigenvalue weighted by Gasteiger charge is 2.09. The van der Waals surface area contributed by atoms with Crippen LogP contribution in [0.4, 0.5) is 5.95 Å². The van der Waals surface area contributed by atoms with Gasteiger partial charge in [-0.1, -0.05) is 30.3 Å². The van der Waals surface area contributed by atoms with Crippen molar-refractivity contribution in [1.82, 2.24) is 9.55 Å². The van der Waals surface area contributed by atoms with Crippen molar-refractivity contribution in [3.63, 3.8) is 0 Å². The first-order chi connectivity index (χ1) is 12.6. The largest absolute Gasteiger partial charge is 0.496 e. The summed E-state index contributed by atoms with van der Waals surface area (Å²) in [6.07, 6.45) is 0.640. The second-order valence-electron chi connectivity index (χ2n) is 5.95. The minimum absolute atomic E-state index is 0.0711. The molecule has 0 aliphatic carbocycles. The van der Waals surface area contributed by atoms with Gasteiger partial charge in [-0.25, -0.2) is 10.4 Å². The quantitative estimate of drug-likeness (QED) is 0.546. The molecule has 2 aromatic carbocycles. The van der Waals surface area contributed by atoms with E-state index in [1.165, 1.54) is 0 Å². The lowest BCUT2D eigenvalue weighted by Crippen LogP contribution is -2.23. The van der Waals surface area contributed by atoms with Gasteiger partial charge in [0.15, 0.2) is 0 Å². The van der Waals surface area contributed by atoms with E-state index in [-0.39, 0.29) is 5.56 Å². The summed E-state index contributed by atoms with van der Waals surface area (Å²) in [5.41, 5.74) is 5.45. The topological polar surface area (TPSA) is 68.5 Å². The molecule has 0 saturated carbocycles. The predicted molar refractivity (Wildman–Crippen MR) is 105 cm³/mol. The van der Waals surface area contributed by atoms with E-state index in [1.54, 1.807) is 17.7 Å². The Morgan fingerprint density at radius 3 is 2.69 bits per heavy atom. The number of nitrogens with zero attached hydrogens (tertiary/aromatic N) is 3. The Morgan fingerprint density at radius 1 is 1.19 bits per heavy atom. The van der Waals surface area contributed by atoms with E-state index in [9.17, 15) is 4.79 Å². The van der Waals surface area contributed by atoms with Gasteiger partial charge in [-0.15, -0.1) is 0 Å². The third-order valence-electron chi connectivity index (χ3n) is 4.16. The van der Waals surface area contributed by atoms with Gasteiger partial charge in [0.05, 0.1) is 18.0 Å². The van der Waals surface area contributed by atoms with E-state index in [1.807, 2.05) is 56.3 Å². The molecule has 1 heterocycles. The molecule has 6 heteroatoms. The number of para-hydroxylation sites is 2. The molecule has 3 aromatic rings. The van der Waals surface area contributed by atoms with Gasteiger partial charge in [0.1, 0.15) is 5.75 Å². The zero-order chi connectivity index (χ0) is 18.5. The van der Waals surface area contributed by atoms with Gasteiger partial charge in [-0.3, -0.25) is 9.36 Å². The van der Waals surface area contributed by atoms with Crippen molar-refractivity contribution >= 4 is 22.6 Å². The zero-order valence-electron chi connectivity index (χ0n) is 15.2. The van der Waals surface area contributed by atoms with Crippen LogP contribution in [0.2, 0.25) is 0 Å². The van der Waals surface area contributed by atoms with E-state index < -0.39 is 0 Å². The molecular weight excluding hydrogens is 328 g/mol. The van der Waals surface area contributed by atoms with E-state index in [0.29, 0.717) is 29.8 Å². The highest BCUT2D eigenvalue weighted by molar-refractivity contribution is 5.85. The molecule has 0 aliphatic rings. The highest BCUT2D eigenvalue weighted by Crippen LogP contribution is 2.18. The number of methoxy groups -OCH3 is 1. The van der Waals surface area contributed by atoms with Crippen molar-refractivity contribution < 1.29 is 4.74 Å². The van der Waals surface area contributed by atoms with Crippen molar-refractivity contribution in [2.24, 2.45) is 5.10 Å². The SMILES string of the molecule is CCn1c(N/N=C(/C)Cc2ccccc2OC)nc2ccccc2c1=O. The maximum atomic E-state index is 12.6. The van der Waals surface area contributed by atoms with Crippen LogP contribution in [-0.4, -0.2) is 22.4 Å². The van der Waals surface area contributed by atoms with Crippen LogP contribution in [0.3, 0.4) is 0 Å². The lowest BCUT2D eigenvalue weighted by Gasteiger charge is -2.12. The number of hydrogen-bond acceptors (Lipinski definition) is 5. The summed E-state index contributed by atoms with van der Waals surface area (Å²) in [5.74, 6) is 1.27. The summed E-state index contributed by atoms with van der Waals surface area (Å²) in [6.45, 7) is 4.35. The maximum absolute atomic E-state index is 12.6. The van der Waals surface area contributed by atoms with E-state index in [0.717, 1.165) is 17.0 Å². The number of ether oxygens (including phenoxy) is 1. The summed E-state index contributed by atoms with van der Waals surface area (Å²) < 4.78 is 6.96. The lowest BCUT2D eigenvalue weighted by molar-refractivity contribution is 0.411. The fourth-order valence-corrected chi connectivity index (χ4v) is 2.86. The molecule has 0 amide bonds. The number of hydrogen-bond donors (Lipinski definition) is 1. The van der Waals surface area contributed by atoms with Gasteiger partial charge in [-0.05, 0) is 37.6 Å². The third kappa shape index (κ3) is 3.59. The first-order valence-corrected chi connectivity index (χ1v) is 8.54. The molecule has 0 saturated heterocycles. The van der Waals surface area contributed by atoms with Gasteiger partial charge in [0.25, 0.3) is 5.56 Å². The molecule has 0 spiro atoms. The Morgan fingerprint density at radius 2 is 1.92 bits per heavy atom. The second kappa shape index (κ2) is 7.82. The normalized spacial score (nSPS) is 11.6. The van der Waals surface area contributed by atoms with Crippen LogP contribution in [0.25, 0.3) is 10.9 Å². The lowest BCUT2D eigenvalue weighted by atomic mass is 10.1. The predicted octanol–water partition coefficient (Wildman–Crippen LogP) is 3.46. The number of nitrogens with one attached hydrogen (secondary N) is 1. The van der Waals surface area contributed by atoms with Crippen LogP contribution >= 0.6 is 0 Å². The first kappa shape index (κ1) is 17.7. The maximum Gasteiger partial charge on any atom is 0.262 e. The molecule has 0 unspecified atom stereocenters. The van der Waals surface area contributed by atoms with Gasteiger partial charge in [0.2, 0.25) is 5.95 Å². The third-order valence-corrected chi connectivity index (χ3v) is 4.16. The van der Waals surface area contributed by atoms with E-state index in [2.05, 4.69) is 15.5 Å². The van der Waals surface area contributed by atoms with Crippen LogP contribution in [0.5, 0.6) is 5.75 Å². The van der Waals surface area contributed by atoms with Crippen LogP contribution in [0.1, 0.15) is 19.4 Å². The smallest absolute Gasteiger partial charge is 0.262 e. The number of anilines is 1. The molecule has 6 nitrogen and oxygen atoms in total. The number of hydrazone groups is 1. The summed E-state index contributed by atoms with van der Waals surface area (Å²) >= 11 is 0. The van der Waals surface area contributed by atoms with Crippen molar-refractivity contribution in [2.45, 2.75) is 26.8 Å². The van der Waals surface area contributed by atoms with Crippen LogP contribution in [0.15, 0.2) is 58.4 Å². The Kier molecular flexibility index (Phi) is 5.31. The molecule has 0 atom stereocenters. The van der Waals surface area contributed by atoms with Crippen molar-refractivity contribution in [3.8, 4) is 5.75 Å². The van der Waals surface area contributed by atoms with Crippen LogP contribution in [-0.2, 0) is 13.0 Å². The Hall–Kier alpha value is -3.15. The molecule has 1 N–H and O–H groups in total. The number of fused-ring (bicyclic) bond motifs is 1. The van der Waals surface area contributed by atoms with Crippen molar-refractivity contribution in [2.75, 3.05) is 12.5 Å². The van der Waals surface area contributed by atoms with Crippen LogP contribution < -0.4 is 15.7 Å². The summed E-state index contributed by atoms with van der Waals surface area (Å²) in [7, 11) is 1.66. The Labute approximate surface area is 152 Å². The van der Waals surface area contributed by atoms with Gasteiger partial charge < -0.3 is 4.74 Å². The molecule has 3 rings (SSSR count). The number of aromatic nitrogens is 2. The van der Waals surface area contributed by atoms with Crippen molar-refractivity contribution in [3.05, 3.63) is 64.4 Å². The molecule has 0 aliphatic heterocycles. The van der Waals surface area contributed by atoms with Gasteiger partial charge in [0, 0.05) is 18.7 Å². The molecule has 0 radical (unpaired) electrons. The van der Waals surface area contributed by atoms with Crippen molar-refractivity contribution in [1.29, 1.82) is 0 Å².